The van der Waals surface area contributed by atoms with Gasteiger partial charge in [-0.05, 0) is 17.7 Å². The van der Waals surface area contributed by atoms with E-state index in [1.165, 1.54) is 12.1 Å². The third-order valence-electron chi connectivity index (χ3n) is 1.99. The highest BCUT2D eigenvalue weighted by Crippen LogP contribution is 2.13. The Morgan fingerprint density at radius 1 is 1.47 bits per heavy atom. The van der Waals surface area contributed by atoms with Crippen molar-refractivity contribution in [2.24, 2.45) is 0 Å². The van der Waals surface area contributed by atoms with E-state index in [2.05, 4.69) is 6.58 Å². The molecule has 0 fully saturated rings. The van der Waals surface area contributed by atoms with Crippen LogP contribution in [0.3, 0.4) is 0 Å². The van der Waals surface area contributed by atoms with E-state index in [0.29, 0.717) is 6.61 Å². The van der Waals surface area contributed by atoms with Crippen molar-refractivity contribution in [3.05, 3.63) is 65.6 Å². The molecule has 1 aromatic rings. The first-order valence-electron chi connectivity index (χ1n) is 5.04. The van der Waals surface area contributed by atoms with Crippen LogP contribution in [0, 0.1) is 17.0 Å². The van der Waals surface area contributed by atoms with Crippen LogP contribution < -0.4 is 0 Å². The van der Waals surface area contributed by atoms with Crippen LogP contribution in [0.4, 0.5) is 5.69 Å². The summed E-state index contributed by atoms with van der Waals surface area (Å²) < 4.78 is 5.14. The van der Waals surface area contributed by atoms with Crippen LogP contribution in [0.2, 0.25) is 0 Å². The highest BCUT2D eigenvalue weighted by atomic mass is 16.6. The molecule has 0 aliphatic heterocycles. The van der Waals surface area contributed by atoms with E-state index in [1.807, 2.05) is 0 Å². The minimum Gasteiger partial charge on any atom is -0.370 e. The highest BCUT2D eigenvalue weighted by molar-refractivity contribution is 5.52. The lowest BCUT2D eigenvalue weighted by atomic mass is 10.2. The van der Waals surface area contributed by atoms with Crippen molar-refractivity contribution in [3.63, 3.8) is 0 Å². The van der Waals surface area contributed by atoms with Crippen LogP contribution in [0.15, 0.2) is 43.0 Å². The first kappa shape index (κ1) is 13.1. The zero-order chi connectivity index (χ0) is 12.7. The minimum absolute atomic E-state index is 0.0642. The Labute approximate surface area is 100 Å². The lowest BCUT2D eigenvalue weighted by molar-refractivity contribution is -0.384. The van der Waals surface area contributed by atoms with Gasteiger partial charge >= 0.3 is 0 Å². The van der Waals surface area contributed by atoms with Crippen molar-refractivity contribution >= 4 is 11.8 Å². The van der Waals surface area contributed by atoms with Crippen molar-refractivity contribution < 1.29 is 9.66 Å². The third-order valence-corrected chi connectivity index (χ3v) is 1.99. The molecule has 1 unspecified atom stereocenters. The number of hydrogen-bond acceptors (Lipinski definition) is 3. The summed E-state index contributed by atoms with van der Waals surface area (Å²) >= 11 is 0. The zero-order valence-corrected chi connectivity index (χ0v) is 9.28. The molecule has 1 atom stereocenters. The number of hydrogen-bond donors (Lipinski definition) is 0. The van der Waals surface area contributed by atoms with Gasteiger partial charge in [0.2, 0.25) is 0 Å². The number of ether oxygens (including phenoxy) is 1. The summed E-state index contributed by atoms with van der Waals surface area (Å²) in [6.45, 7) is 9.51. The minimum atomic E-state index is -0.511. The van der Waals surface area contributed by atoms with Crippen molar-refractivity contribution in [2.75, 3.05) is 6.61 Å². The van der Waals surface area contributed by atoms with E-state index in [1.54, 1.807) is 30.4 Å². The van der Waals surface area contributed by atoms with Crippen LogP contribution in [-0.4, -0.2) is 17.6 Å². The van der Waals surface area contributed by atoms with E-state index in [4.69, 9.17) is 11.7 Å². The summed E-state index contributed by atoms with van der Waals surface area (Å²) in [5.41, 5.74) is 0.891. The summed E-state index contributed by atoms with van der Waals surface area (Å²) in [6.07, 6.45) is 4.52. The second-order valence-corrected chi connectivity index (χ2v) is 3.29. The van der Waals surface area contributed by atoms with Crippen molar-refractivity contribution in [3.8, 4) is 0 Å². The van der Waals surface area contributed by atoms with Gasteiger partial charge in [-0.3, -0.25) is 10.1 Å². The molecule has 0 spiro atoms. The van der Waals surface area contributed by atoms with E-state index in [-0.39, 0.29) is 5.69 Å². The quantitative estimate of drug-likeness (QED) is 0.429. The number of nitro benzene ring substituents is 1. The largest absolute Gasteiger partial charge is 0.370 e. The fourth-order valence-corrected chi connectivity index (χ4v) is 1.15. The Morgan fingerprint density at radius 2 is 2.12 bits per heavy atom. The SMILES string of the molecule is [CH]C(/C=C/c1ccc([N+](=O)[O-])cc1)OCC=C. The lowest BCUT2D eigenvalue weighted by Gasteiger charge is -2.04. The van der Waals surface area contributed by atoms with Crippen LogP contribution in [0.25, 0.3) is 6.08 Å². The van der Waals surface area contributed by atoms with Gasteiger partial charge < -0.3 is 4.74 Å². The lowest BCUT2D eigenvalue weighted by Crippen LogP contribution is -2.04. The predicted octanol–water partition coefficient (Wildman–Crippen LogP) is 2.89. The molecule has 0 heterocycles. The van der Waals surface area contributed by atoms with Gasteiger partial charge in [0.25, 0.3) is 5.69 Å². The average molecular weight is 231 g/mol. The summed E-state index contributed by atoms with van der Waals surface area (Å²) in [5.74, 6) is 0. The molecule has 0 aromatic heterocycles. The molecule has 0 amide bonds. The maximum atomic E-state index is 10.4. The molecule has 0 saturated heterocycles. The standard InChI is InChI=1S/C13H13NO3/c1-3-10-17-11(2)4-5-12-6-8-13(9-7-12)14(15)16/h2-9,11H,1,10H2/b5-4+. The van der Waals surface area contributed by atoms with Gasteiger partial charge in [-0.2, -0.15) is 0 Å². The molecule has 17 heavy (non-hydrogen) atoms. The molecule has 1 rings (SSSR count). The maximum absolute atomic E-state index is 10.4. The van der Waals surface area contributed by atoms with E-state index in [9.17, 15) is 10.1 Å². The Kier molecular flexibility index (Phi) is 5.10. The fourth-order valence-electron chi connectivity index (χ4n) is 1.15. The third kappa shape index (κ3) is 4.61. The smallest absolute Gasteiger partial charge is 0.269 e. The second-order valence-electron chi connectivity index (χ2n) is 3.29. The van der Waals surface area contributed by atoms with Gasteiger partial charge in [0, 0.05) is 19.1 Å². The first-order valence-corrected chi connectivity index (χ1v) is 5.04. The normalized spacial score (nSPS) is 12.5. The Balaban J connectivity index is 2.59. The number of non-ortho nitro benzene ring substituents is 1. The molecule has 88 valence electrons. The fraction of sp³-hybridized carbons (Fsp3) is 0.154. The predicted molar refractivity (Wildman–Crippen MR) is 66.4 cm³/mol. The zero-order valence-electron chi connectivity index (χ0n) is 9.28. The second kappa shape index (κ2) is 6.60. The van der Waals surface area contributed by atoms with Gasteiger partial charge in [0.15, 0.2) is 0 Å². The van der Waals surface area contributed by atoms with E-state index in [0.717, 1.165) is 5.56 Å². The van der Waals surface area contributed by atoms with Crippen molar-refractivity contribution in [1.82, 2.24) is 0 Å². The van der Waals surface area contributed by atoms with Gasteiger partial charge in [-0.15, -0.1) is 6.58 Å². The molecule has 0 N–H and O–H groups in total. The van der Waals surface area contributed by atoms with Gasteiger partial charge in [-0.1, -0.05) is 18.2 Å². The van der Waals surface area contributed by atoms with Crippen LogP contribution in [0.1, 0.15) is 5.56 Å². The summed E-state index contributed by atoms with van der Waals surface area (Å²) in [7, 11) is 0. The number of nitrogens with zero attached hydrogens (tertiary/aromatic N) is 1. The van der Waals surface area contributed by atoms with Crippen molar-refractivity contribution in [2.45, 2.75) is 6.10 Å². The Morgan fingerprint density at radius 3 is 2.65 bits per heavy atom. The number of rotatable bonds is 6. The summed E-state index contributed by atoms with van der Waals surface area (Å²) in [4.78, 5) is 10.00. The molecule has 4 nitrogen and oxygen atoms in total. The maximum Gasteiger partial charge on any atom is 0.269 e. The van der Waals surface area contributed by atoms with Crippen LogP contribution in [0.5, 0.6) is 0 Å². The molecular weight excluding hydrogens is 218 g/mol. The van der Waals surface area contributed by atoms with E-state index < -0.39 is 11.0 Å². The van der Waals surface area contributed by atoms with E-state index >= 15 is 0 Å². The first-order chi connectivity index (χ1) is 8.13. The van der Waals surface area contributed by atoms with Crippen LogP contribution in [-0.2, 0) is 4.74 Å². The monoisotopic (exact) mass is 231 g/mol. The molecule has 4 heteroatoms. The number of nitro groups is 1. The molecule has 0 aliphatic carbocycles. The topological polar surface area (TPSA) is 52.4 Å². The van der Waals surface area contributed by atoms with Gasteiger partial charge in [-0.25, -0.2) is 0 Å². The number of benzene rings is 1. The summed E-state index contributed by atoms with van der Waals surface area (Å²) in [5, 5.41) is 10.4. The van der Waals surface area contributed by atoms with Gasteiger partial charge in [0.1, 0.15) is 0 Å². The molecule has 0 aliphatic rings. The van der Waals surface area contributed by atoms with Crippen molar-refractivity contribution in [1.29, 1.82) is 0 Å². The molecule has 0 bridgehead atoms. The average Bonchev–Trinajstić information content (AvgIpc) is 2.34. The Bertz CT molecular complexity index is 409. The highest BCUT2D eigenvalue weighted by Gasteiger charge is 2.02. The van der Waals surface area contributed by atoms with Crippen LogP contribution >= 0.6 is 0 Å². The van der Waals surface area contributed by atoms with Gasteiger partial charge in [0.05, 0.1) is 17.6 Å². The summed E-state index contributed by atoms with van der Waals surface area (Å²) in [6, 6.07) is 6.18. The molecule has 2 radical (unpaired) electrons. The molecule has 0 saturated carbocycles. The molecule has 1 aromatic carbocycles. The molecular formula is C13H13NO3. The Hall–Kier alpha value is -1.94.